The van der Waals surface area contributed by atoms with Crippen molar-refractivity contribution in [2.24, 2.45) is 0 Å². The summed E-state index contributed by atoms with van der Waals surface area (Å²) in [7, 11) is 2.97. The molecule has 0 bridgehead atoms. The predicted octanol–water partition coefficient (Wildman–Crippen LogP) is 3.36. The molecule has 1 aromatic rings. The van der Waals surface area contributed by atoms with Gasteiger partial charge in [0.05, 0.1) is 11.6 Å². The van der Waals surface area contributed by atoms with E-state index in [0.717, 1.165) is 6.07 Å². The Bertz CT molecular complexity index is 419. The molecular formula is C14H20F3NO2. The van der Waals surface area contributed by atoms with Crippen molar-refractivity contribution in [3.05, 3.63) is 35.4 Å². The monoisotopic (exact) mass is 291 g/mol. The number of benzene rings is 1. The van der Waals surface area contributed by atoms with E-state index in [-0.39, 0.29) is 11.6 Å². The Morgan fingerprint density at radius 2 is 1.60 bits per heavy atom. The molecule has 3 nitrogen and oxygen atoms in total. The van der Waals surface area contributed by atoms with Crippen LogP contribution in [0.5, 0.6) is 0 Å². The van der Waals surface area contributed by atoms with Gasteiger partial charge in [0.25, 0.3) is 0 Å². The maximum atomic E-state index is 13.0. The highest BCUT2D eigenvalue weighted by molar-refractivity contribution is 5.32. The Morgan fingerprint density at radius 1 is 1.05 bits per heavy atom. The summed E-state index contributed by atoms with van der Waals surface area (Å²) in [6.45, 7) is 3.48. The van der Waals surface area contributed by atoms with E-state index >= 15 is 0 Å². The lowest BCUT2D eigenvalue weighted by Crippen LogP contribution is -2.41. The molecule has 0 aliphatic heterocycles. The van der Waals surface area contributed by atoms with E-state index in [1.165, 1.54) is 26.4 Å². The fourth-order valence-electron chi connectivity index (χ4n) is 2.20. The standard InChI is InChI=1S/C14H20F3NO2/c1-9(18-10(2)13(19-3)20-4)11-7-5-6-8-12(11)14(15,16)17/h5-10,13,18H,1-4H3. The molecule has 0 spiro atoms. The number of ether oxygens (including phenoxy) is 2. The first-order valence-electron chi connectivity index (χ1n) is 6.29. The number of rotatable bonds is 6. The van der Waals surface area contributed by atoms with Crippen LogP contribution in [0.25, 0.3) is 0 Å². The molecule has 6 heteroatoms. The number of hydrogen-bond donors (Lipinski definition) is 1. The molecule has 0 saturated heterocycles. The van der Waals surface area contributed by atoms with Gasteiger partial charge in [-0.25, -0.2) is 0 Å². The van der Waals surface area contributed by atoms with Crippen LogP contribution in [-0.2, 0) is 15.7 Å². The Morgan fingerprint density at radius 3 is 2.10 bits per heavy atom. The lowest BCUT2D eigenvalue weighted by atomic mass is 10.0. The van der Waals surface area contributed by atoms with Crippen LogP contribution in [0.1, 0.15) is 31.0 Å². The molecular weight excluding hydrogens is 271 g/mol. The number of alkyl halides is 3. The molecule has 1 rings (SSSR count). The van der Waals surface area contributed by atoms with Gasteiger partial charge in [-0.1, -0.05) is 18.2 Å². The van der Waals surface area contributed by atoms with Crippen molar-refractivity contribution in [1.29, 1.82) is 0 Å². The molecule has 1 N–H and O–H groups in total. The van der Waals surface area contributed by atoms with E-state index < -0.39 is 24.1 Å². The van der Waals surface area contributed by atoms with Crippen molar-refractivity contribution in [2.45, 2.75) is 38.4 Å². The summed E-state index contributed by atoms with van der Waals surface area (Å²) < 4.78 is 49.1. The molecule has 0 fully saturated rings. The van der Waals surface area contributed by atoms with Crippen LogP contribution < -0.4 is 5.32 Å². The minimum Gasteiger partial charge on any atom is -0.354 e. The van der Waals surface area contributed by atoms with Gasteiger partial charge < -0.3 is 14.8 Å². The molecule has 114 valence electrons. The lowest BCUT2D eigenvalue weighted by Gasteiger charge is -2.27. The van der Waals surface area contributed by atoms with Gasteiger partial charge in [0, 0.05) is 20.3 Å². The highest BCUT2D eigenvalue weighted by Gasteiger charge is 2.34. The van der Waals surface area contributed by atoms with Crippen molar-refractivity contribution in [3.63, 3.8) is 0 Å². The van der Waals surface area contributed by atoms with E-state index in [2.05, 4.69) is 5.32 Å². The first-order chi connectivity index (χ1) is 9.31. The summed E-state index contributed by atoms with van der Waals surface area (Å²) in [5.74, 6) is 0. The number of methoxy groups -OCH3 is 2. The zero-order valence-electron chi connectivity index (χ0n) is 12.0. The maximum absolute atomic E-state index is 13.0. The number of hydrogen-bond acceptors (Lipinski definition) is 3. The Balaban J connectivity index is 2.90. The van der Waals surface area contributed by atoms with Gasteiger partial charge in [-0.2, -0.15) is 13.2 Å². The third kappa shape index (κ3) is 4.19. The zero-order chi connectivity index (χ0) is 15.3. The Labute approximate surface area is 117 Å². The fourth-order valence-corrected chi connectivity index (χ4v) is 2.20. The molecule has 0 heterocycles. The molecule has 0 aromatic heterocycles. The second-order valence-corrected chi connectivity index (χ2v) is 4.60. The van der Waals surface area contributed by atoms with Gasteiger partial charge in [-0.15, -0.1) is 0 Å². The van der Waals surface area contributed by atoms with Gasteiger partial charge in [0.15, 0.2) is 6.29 Å². The highest BCUT2D eigenvalue weighted by Crippen LogP contribution is 2.34. The minimum atomic E-state index is -4.36. The molecule has 0 aliphatic rings. The van der Waals surface area contributed by atoms with Crippen LogP contribution in [0, 0.1) is 0 Å². The smallest absolute Gasteiger partial charge is 0.354 e. The average Bonchev–Trinajstić information content (AvgIpc) is 2.39. The summed E-state index contributed by atoms with van der Waals surface area (Å²) in [6, 6.07) is 4.81. The minimum absolute atomic E-state index is 0.206. The zero-order valence-corrected chi connectivity index (χ0v) is 12.0. The van der Waals surface area contributed by atoms with Crippen LogP contribution >= 0.6 is 0 Å². The van der Waals surface area contributed by atoms with Crippen LogP contribution in [0.2, 0.25) is 0 Å². The molecule has 0 saturated carbocycles. The fraction of sp³-hybridized carbons (Fsp3) is 0.571. The Hall–Kier alpha value is -1.11. The average molecular weight is 291 g/mol. The van der Waals surface area contributed by atoms with E-state index in [1.54, 1.807) is 19.9 Å². The third-order valence-electron chi connectivity index (χ3n) is 3.12. The first kappa shape index (κ1) is 16.9. The van der Waals surface area contributed by atoms with Crippen molar-refractivity contribution in [3.8, 4) is 0 Å². The van der Waals surface area contributed by atoms with E-state index in [1.807, 2.05) is 0 Å². The normalized spacial score (nSPS) is 15.4. The molecule has 0 amide bonds. The van der Waals surface area contributed by atoms with Crippen LogP contribution in [0.4, 0.5) is 13.2 Å². The molecule has 1 aromatic carbocycles. The summed E-state index contributed by atoms with van der Waals surface area (Å²) in [5.41, 5.74) is -0.420. The highest BCUT2D eigenvalue weighted by atomic mass is 19.4. The van der Waals surface area contributed by atoms with Gasteiger partial charge in [-0.05, 0) is 25.5 Å². The van der Waals surface area contributed by atoms with E-state index in [9.17, 15) is 13.2 Å². The van der Waals surface area contributed by atoms with Crippen LogP contribution in [0.15, 0.2) is 24.3 Å². The second-order valence-electron chi connectivity index (χ2n) is 4.60. The predicted molar refractivity (Wildman–Crippen MR) is 70.3 cm³/mol. The van der Waals surface area contributed by atoms with Gasteiger partial charge in [-0.3, -0.25) is 0 Å². The SMILES string of the molecule is COC(OC)C(C)NC(C)c1ccccc1C(F)(F)F. The number of halogens is 3. The quantitative estimate of drug-likeness (QED) is 0.815. The summed E-state index contributed by atoms with van der Waals surface area (Å²) >= 11 is 0. The van der Waals surface area contributed by atoms with E-state index in [0.29, 0.717) is 0 Å². The van der Waals surface area contributed by atoms with Crippen molar-refractivity contribution >= 4 is 0 Å². The van der Waals surface area contributed by atoms with Crippen LogP contribution in [-0.4, -0.2) is 26.6 Å². The summed E-state index contributed by atoms with van der Waals surface area (Å²) in [5, 5.41) is 3.06. The van der Waals surface area contributed by atoms with Crippen molar-refractivity contribution in [1.82, 2.24) is 5.32 Å². The number of nitrogens with one attached hydrogen (secondary N) is 1. The molecule has 2 atom stereocenters. The molecule has 2 unspecified atom stereocenters. The van der Waals surface area contributed by atoms with Crippen molar-refractivity contribution in [2.75, 3.05) is 14.2 Å². The third-order valence-corrected chi connectivity index (χ3v) is 3.12. The summed E-state index contributed by atoms with van der Waals surface area (Å²) in [6.07, 6.45) is -4.88. The maximum Gasteiger partial charge on any atom is 0.416 e. The van der Waals surface area contributed by atoms with E-state index in [4.69, 9.17) is 9.47 Å². The largest absolute Gasteiger partial charge is 0.416 e. The van der Waals surface area contributed by atoms with Gasteiger partial charge >= 0.3 is 6.18 Å². The molecule has 0 radical (unpaired) electrons. The van der Waals surface area contributed by atoms with Gasteiger partial charge in [0.1, 0.15) is 0 Å². The van der Waals surface area contributed by atoms with Gasteiger partial charge in [0.2, 0.25) is 0 Å². The molecule has 0 aliphatic carbocycles. The Kier molecular flexibility index (Phi) is 5.98. The molecule has 20 heavy (non-hydrogen) atoms. The second kappa shape index (κ2) is 7.06. The van der Waals surface area contributed by atoms with Crippen LogP contribution in [0.3, 0.4) is 0 Å². The first-order valence-corrected chi connectivity index (χ1v) is 6.29. The topological polar surface area (TPSA) is 30.5 Å². The summed E-state index contributed by atoms with van der Waals surface area (Å²) in [4.78, 5) is 0. The lowest BCUT2D eigenvalue weighted by molar-refractivity contribution is -0.138. The van der Waals surface area contributed by atoms with Crippen molar-refractivity contribution < 1.29 is 22.6 Å².